The third-order valence-corrected chi connectivity index (χ3v) is 6.43. The molecule has 168 valence electrons. The smallest absolute Gasteiger partial charge is 0.283 e. The normalized spacial score (nSPS) is 17.6. The first-order valence-corrected chi connectivity index (χ1v) is 11.6. The van der Waals surface area contributed by atoms with Crippen molar-refractivity contribution >= 4 is 23.1 Å². The number of amides is 1. The quantitative estimate of drug-likeness (QED) is 0.581. The van der Waals surface area contributed by atoms with Gasteiger partial charge in [0.1, 0.15) is 11.5 Å². The lowest BCUT2D eigenvalue weighted by atomic mass is 9.95. The van der Waals surface area contributed by atoms with E-state index >= 15 is 0 Å². The second kappa shape index (κ2) is 9.16. The van der Waals surface area contributed by atoms with Gasteiger partial charge in [-0.25, -0.2) is 4.98 Å². The molecule has 1 aromatic carbocycles. The van der Waals surface area contributed by atoms with Crippen LogP contribution in [0.4, 0.5) is 11.5 Å². The van der Waals surface area contributed by atoms with E-state index in [2.05, 4.69) is 38.9 Å². The first-order chi connectivity index (χ1) is 15.7. The van der Waals surface area contributed by atoms with Gasteiger partial charge in [-0.15, -0.1) is 0 Å². The number of anilines is 2. The average molecular weight is 436 g/mol. The summed E-state index contributed by atoms with van der Waals surface area (Å²) in [6.07, 6.45) is 11.9. The van der Waals surface area contributed by atoms with Crippen LogP contribution in [0.5, 0.6) is 0 Å². The van der Waals surface area contributed by atoms with E-state index in [1.54, 1.807) is 4.57 Å². The summed E-state index contributed by atoms with van der Waals surface area (Å²) < 4.78 is 9.33. The fourth-order valence-corrected chi connectivity index (χ4v) is 4.75. The van der Waals surface area contributed by atoms with Gasteiger partial charge in [0.25, 0.3) is 5.91 Å². The van der Waals surface area contributed by atoms with E-state index in [1.807, 2.05) is 18.6 Å². The number of morpholine rings is 1. The molecule has 1 aliphatic heterocycles. The highest BCUT2D eigenvalue weighted by Gasteiger charge is 2.22. The van der Waals surface area contributed by atoms with Crippen molar-refractivity contribution in [2.75, 3.05) is 36.5 Å². The molecule has 2 aromatic heterocycles. The van der Waals surface area contributed by atoms with Gasteiger partial charge in [0.2, 0.25) is 18.4 Å². The molecule has 1 aliphatic carbocycles. The van der Waals surface area contributed by atoms with Gasteiger partial charge in [0.05, 0.1) is 19.4 Å². The Kier molecular flexibility index (Phi) is 5.94. The Morgan fingerprint density at radius 2 is 1.91 bits per heavy atom. The molecule has 1 saturated carbocycles. The summed E-state index contributed by atoms with van der Waals surface area (Å²) in [6, 6.07) is 9.09. The second-order valence-corrected chi connectivity index (χ2v) is 8.73. The number of rotatable bonds is 6. The molecule has 5 rings (SSSR count). The first kappa shape index (κ1) is 20.8. The van der Waals surface area contributed by atoms with Gasteiger partial charge in [0, 0.05) is 30.4 Å². The molecule has 2 aliphatic rings. The van der Waals surface area contributed by atoms with Crippen LogP contribution in [0.2, 0.25) is 0 Å². The zero-order chi connectivity index (χ0) is 21.9. The Morgan fingerprint density at radius 3 is 2.62 bits per heavy atom. The number of hydrogen-bond donors (Lipinski definition) is 2. The standard InChI is InChI=1S/C24H30N6O2/c25-21(31)16-28-10-11-30-22(17-28)27-23(24(30)26-19-4-2-1-3-5-19)18-6-8-20(9-7-18)29-12-14-32-15-13-29/h6-11,17,19H,1-5,12-16H2,(H2,25,31)/p+1. The zero-order valence-electron chi connectivity index (χ0n) is 18.4. The van der Waals surface area contributed by atoms with E-state index < -0.39 is 0 Å². The lowest BCUT2D eigenvalue weighted by molar-refractivity contribution is -0.683. The molecule has 0 bridgehead atoms. The average Bonchev–Trinajstić information content (AvgIpc) is 3.17. The number of aromatic nitrogens is 3. The number of nitrogens with zero attached hydrogens (tertiary/aromatic N) is 4. The highest BCUT2D eigenvalue weighted by atomic mass is 16.5. The number of nitrogens with two attached hydrogens (primary N) is 1. The molecular formula is C24H31N6O2+. The van der Waals surface area contributed by atoms with E-state index in [4.69, 9.17) is 15.5 Å². The van der Waals surface area contributed by atoms with Gasteiger partial charge in [-0.3, -0.25) is 9.20 Å². The molecule has 0 spiro atoms. The van der Waals surface area contributed by atoms with Crippen molar-refractivity contribution in [3.8, 4) is 11.3 Å². The van der Waals surface area contributed by atoms with Gasteiger partial charge in [-0.2, -0.15) is 4.57 Å². The van der Waals surface area contributed by atoms with E-state index in [0.717, 1.165) is 49.0 Å². The Morgan fingerprint density at radius 1 is 1.16 bits per heavy atom. The summed E-state index contributed by atoms with van der Waals surface area (Å²) in [4.78, 5) is 18.7. The molecule has 3 aromatic rings. The number of primary amides is 1. The van der Waals surface area contributed by atoms with Crippen LogP contribution in [-0.4, -0.2) is 47.6 Å². The summed E-state index contributed by atoms with van der Waals surface area (Å²) in [7, 11) is 0. The maximum Gasteiger partial charge on any atom is 0.283 e. The lowest BCUT2D eigenvalue weighted by Gasteiger charge is -2.29. The molecule has 0 radical (unpaired) electrons. The van der Waals surface area contributed by atoms with Crippen molar-refractivity contribution in [3.05, 3.63) is 42.9 Å². The zero-order valence-corrected chi connectivity index (χ0v) is 18.4. The number of carbonyl (C=O) groups is 1. The molecular weight excluding hydrogens is 404 g/mol. The molecule has 3 heterocycles. The minimum atomic E-state index is -0.370. The van der Waals surface area contributed by atoms with Crippen molar-refractivity contribution in [1.29, 1.82) is 0 Å². The Labute approximate surface area is 188 Å². The summed E-state index contributed by atoms with van der Waals surface area (Å²) in [6.45, 7) is 3.52. The van der Waals surface area contributed by atoms with Crippen LogP contribution in [-0.2, 0) is 16.1 Å². The Hall–Kier alpha value is -3.13. The number of carbonyl (C=O) groups excluding carboxylic acids is 1. The van der Waals surface area contributed by atoms with E-state index in [-0.39, 0.29) is 12.5 Å². The second-order valence-electron chi connectivity index (χ2n) is 8.73. The van der Waals surface area contributed by atoms with Gasteiger partial charge in [0.15, 0.2) is 6.20 Å². The summed E-state index contributed by atoms with van der Waals surface area (Å²) in [5, 5.41) is 3.78. The molecule has 32 heavy (non-hydrogen) atoms. The van der Waals surface area contributed by atoms with Crippen molar-refractivity contribution in [3.63, 3.8) is 0 Å². The number of fused-ring (bicyclic) bond motifs is 1. The van der Waals surface area contributed by atoms with Crippen molar-refractivity contribution in [2.24, 2.45) is 5.73 Å². The third-order valence-electron chi connectivity index (χ3n) is 6.43. The van der Waals surface area contributed by atoms with Crippen LogP contribution in [0.3, 0.4) is 0 Å². The summed E-state index contributed by atoms with van der Waals surface area (Å²) in [5.74, 6) is 0.641. The number of ether oxygens (including phenoxy) is 1. The Balaban J connectivity index is 1.50. The lowest BCUT2D eigenvalue weighted by Crippen LogP contribution is -2.40. The van der Waals surface area contributed by atoms with Crippen LogP contribution < -0.4 is 20.5 Å². The number of hydrogen-bond acceptors (Lipinski definition) is 5. The van der Waals surface area contributed by atoms with Gasteiger partial charge in [-0.1, -0.05) is 31.4 Å². The molecule has 0 unspecified atom stereocenters. The minimum absolute atomic E-state index is 0.137. The van der Waals surface area contributed by atoms with Crippen LogP contribution >= 0.6 is 0 Å². The molecule has 0 atom stereocenters. The van der Waals surface area contributed by atoms with E-state index in [9.17, 15) is 4.79 Å². The monoisotopic (exact) mass is 435 g/mol. The SMILES string of the molecule is NC(=O)C[n+]1ccn2c(NC3CCCCC3)c(-c3ccc(N4CCOCC4)cc3)nc2c1. The van der Waals surface area contributed by atoms with E-state index in [0.29, 0.717) is 6.04 Å². The fourth-order valence-electron chi connectivity index (χ4n) is 4.75. The van der Waals surface area contributed by atoms with Crippen molar-refractivity contribution in [2.45, 2.75) is 44.7 Å². The van der Waals surface area contributed by atoms with Gasteiger partial charge < -0.3 is 20.7 Å². The van der Waals surface area contributed by atoms with Crippen LogP contribution in [0.15, 0.2) is 42.9 Å². The largest absolute Gasteiger partial charge is 0.378 e. The summed E-state index contributed by atoms with van der Waals surface area (Å²) in [5.41, 5.74) is 9.39. The fraction of sp³-hybridized carbons (Fsp3) is 0.458. The number of benzene rings is 1. The highest BCUT2D eigenvalue weighted by molar-refractivity contribution is 5.77. The van der Waals surface area contributed by atoms with Crippen molar-refractivity contribution < 1.29 is 14.1 Å². The molecule has 2 fully saturated rings. The van der Waals surface area contributed by atoms with Gasteiger partial charge in [-0.05, 0) is 25.0 Å². The van der Waals surface area contributed by atoms with Gasteiger partial charge >= 0.3 is 0 Å². The highest BCUT2D eigenvalue weighted by Crippen LogP contribution is 2.32. The topological polar surface area (TPSA) is 88.8 Å². The van der Waals surface area contributed by atoms with Crippen LogP contribution in [0, 0.1) is 0 Å². The minimum Gasteiger partial charge on any atom is -0.378 e. The maximum atomic E-state index is 11.4. The molecule has 8 nitrogen and oxygen atoms in total. The summed E-state index contributed by atoms with van der Waals surface area (Å²) >= 11 is 0. The molecule has 3 N–H and O–H groups in total. The molecule has 1 saturated heterocycles. The predicted molar refractivity (Wildman–Crippen MR) is 124 cm³/mol. The molecule has 8 heteroatoms. The Bertz CT molecular complexity index is 1080. The van der Waals surface area contributed by atoms with Crippen LogP contribution in [0.25, 0.3) is 16.9 Å². The molecule has 1 amide bonds. The number of imidazole rings is 1. The number of nitrogens with one attached hydrogen (secondary N) is 1. The van der Waals surface area contributed by atoms with Crippen molar-refractivity contribution in [1.82, 2.24) is 9.38 Å². The maximum absolute atomic E-state index is 11.4. The predicted octanol–water partition coefficient (Wildman–Crippen LogP) is 2.36. The van der Waals surface area contributed by atoms with E-state index in [1.165, 1.54) is 37.8 Å². The van der Waals surface area contributed by atoms with Crippen LogP contribution in [0.1, 0.15) is 32.1 Å². The third kappa shape index (κ3) is 4.41. The first-order valence-electron chi connectivity index (χ1n) is 11.6.